The predicted octanol–water partition coefficient (Wildman–Crippen LogP) is 1.10. The highest BCUT2D eigenvalue weighted by molar-refractivity contribution is 7.08. The lowest BCUT2D eigenvalue weighted by Gasteiger charge is -2.32. The number of rotatable bonds is 7. The molecule has 1 N–H and O–H groups in total. The number of hydrogen-bond donors (Lipinski definition) is 1. The molecule has 1 aromatic rings. The van der Waals surface area contributed by atoms with E-state index in [1.165, 1.54) is 11.5 Å². The van der Waals surface area contributed by atoms with Gasteiger partial charge in [0.25, 0.3) is 5.91 Å². The molecule has 0 spiro atoms. The minimum Gasteiger partial charge on any atom is -0.351 e. The van der Waals surface area contributed by atoms with Crippen LogP contribution >= 0.6 is 11.5 Å². The fraction of sp³-hybridized carbons (Fsp3) is 0.800. The van der Waals surface area contributed by atoms with Crippen LogP contribution in [-0.2, 0) is 6.42 Å². The number of likely N-dealkylation sites (N-methyl/N-ethyl adjacent to an activating group) is 1. The van der Waals surface area contributed by atoms with Crippen molar-refractivity contribution in [1.29, 1.82) is 0 Å². The van der Waals surface area contributed by atoms with E-state index in [4.69, 9.17) is 0 Å². The fourth-order valence-corrected chi connectivity index (χ4v) is 3.35. The average Bonchev–Trinajstić information content (AvgIpc) is 3.00. The molecule has 0 aromatic carbocycles. The Bertz CT molecular complexity index is 468. The summed E-state index contributed by atoms with van der Waals surface area (Å²) in [5, 5.41) is 7.05. The van der Waals surface area contributed by atoms with Crippen LogP contribution in [-0.4, -0.2) is 72.1 Å². The Morgan fingerprint density at radius 2 is 2.14 bits per heavy atom. The van der Waals surface area contributed by atoms with Crippen molar-refractivity contribution < 1.29 is 4.79 Å². The van der Waals surface area contributed by atoms with Crippen molar-refractivity contribution in [3.63, 3.8) is 0 Å². The number of amides is 1. The van der Waals surface area contributed by atoms with Crippen LogP contribution < -0.4 is 5.32 Å². The van der Waals surface area contributed by atoms with Gasteiger partial charge in [-0.2, -0.15) is 0 Å². The summed E-state index contributed by atoms with van der Waals surface area (Å²) in [6.45, 7) is 7.28. The third-order valence-electron chi connectivity index (χ3n) is 4.22. The molecule has 1 aliphatic heterocycles. The lowest BCUT2D eigenvalue weighted by molar-refractivity contribution is 0.0938. The molecule has 0 radical (unpaired) electrons. The molecule has 1 amide bonds. The zero-order valence-electron chi connectivity index (χ0n) is 13.8. The number of hydrogen-bond acceptors (Lipinski definition) is 6. The first-order valence-electron chi connectivity index (χ1n) is 8.06. The van der Waals surface area contributed by atoms with Crippen LogP contribution in [0.1, 0.15) is 35.1 Å². The minimum absolute atomic E-state index is 0.0121. The van der Waals surface area contributed by atoms with E-state index in [1.54, 1.807) is 0 Å². The fourth-order valence-electron chi connectivity index (χ4n) is 2.69. The first kappa shape index (κ1) is 17.3. The molecule has 0 atom stereocenters. The van der Waals surface area contributed by atoms with Crippen LogP contribution in [0, 0.1) is 5.92 Å². The third-order valence-corrected chi connectivity index (χ3v) is 4.99. The minimum atomic E-state index is -0.0121. The summed E-state index contributed by atoms with van der Waals surface area (Å²) in [5.74, 6) is 0.576. The van der Waals surface area contributed by atoms with Crippen LogP contribution in [0.4, 0.5) is 0 Å². The SMILES string of the molecule is CCc1nnsc1C(=O)NCC1CCN(CCN(C)C)CC1. The number of nitrogens with one attached hydrogen (secondary N) is 1. The molecular formula is C15H27N5OS. The number of carbonyl (C=O) groups is 1. The van der Waals surface area contributed by atoms with Crippen molar-refractivity contribution in [3.05, 3.63) is 10.6 Å². The van der Waals surface area contributed by atoms with Crippen molar-refractivity contribution in [1.82, 2.24) is 24.7 Å². The summed E-state index contributed by atoms with van der Waals surface area (Å²) < 4.78 is 3.87. The molecule has 1 aromatic heterocycles. The van der Waals surface area contributed by atoms with Gasteiger partial charge in [-0.3, -0.25) is 4.79 Å². The van der Waals surface area contributed by atoms with E-state index < -0.39 is 0 Å². The molecule has 1 fully saturated rings. The number of carbonyl (C=O) groups excluding carboxylic acids is 1. The number of nitrogens with zero attached hydrogens (tertiary/aromatic N) is 4. The molecule has 124 valence electrons. The highest BCUT2D eigenvalue weighted by Gasteiger charge is 2.21. The van der Waals surface area contributed by atoms with Crippen LogP contribution in [0.2, 0.25) is 0 Å². The molecule has 2 rings (SSSR count). The molecule has 0 aliphatic carbocycles. The second-order valence-corrected chi connectivity index (χ2v) is 6.95. The Hall–Kier alpha value is -1.05. The largest absolute Gasteiger partial charge is 0.351 e. The zero-order valence-corrected chi connectivity index (χ0v) is 14.7. The van der Waals surface area contributed by atoms with Crippen molar-refractivity contribution in [2.75, 3.05) is 46.8 Å². The van der Waals surface area contributed by atoms with E-state index in [1.807, 2.05) is 6.92 Å². The van der Waals surface area contributed by atoms with Gasteiger partial charge in [0.15, 0.2) is 0 Å². The lowest BCUT2D eigenvalue weighted by Crippen LogP contribution is -2.41. The summed E-state index contributed by atoms with van der Waals surface area (Å²) in [7, 11) is 4.22. The van der Waals surface area contributed by atoms with Gasteiger partial charge in [-0.25, -0.2) is 0 Å². The van der Waals surface area contributed by atoms with Gasteiger partial charge in [0.1, 0.15) is 4.88 Å². The van der Waals surface area contributed by atoms with E-state index >= 15 is 0 Å². The average molecular weight is 325 g/mol. The predicted molar refractivity (Wildman–Crippen MR) is 89.3 cm³/mol. The maximum Gasteiger partial charge on any atom is 0.264 e. The quantitative estimate of drug-likeness (QED) is 0.813. The molecule has 0 saturated carbocycles. The molecule has 6 nitrogen and oxygen atoms in total. The van der Waals surface area contributed by atoms with Crippen molar-refractivity contribution in [3.8, 4) is 0 Å². The topological polar surface area (TPSA) is 61.4 Å². The van der Waals surface area contributed by atoms with Crippen molar-refractivity contribution in [2.45, 2.75) is 26.2 Å². The van der Waals surface area contributed by atoms with Crippen LogP contribution in [0.3, 0.4) is 0 Å². The molecular weight excluding hydrogens is 298 g/mol. The maximum atomic E-state index is 12.2. The maximum absolute atomic E-state index is 12.2. The second-order valence-electron chi connectivity index (χ2n) is 6.20. The van der Waals surface area contributed by atoms with Gasteiger partial charge in [0, 0.05) is 19.6 Å². The van der Waals surface area contributed by atoms with E-state index in [9.17, 15) is 4.79 Å². The van der Waals surface area contributed by atoms with E-state index in [0.29, 0.717) is 10.8 Å². The number of aryl methyl sites for hydroxylation is 1. The van der Waals surface area contributed by atoms with Gasteiger partial charge in [-0.1, -0.05) is 11.4 Å². The molecule has 2 heterocycles. The first-order chi connectivity index (χ1) is 10.6. The first-order valence-corrected chi connectivity index (χ1v) is 8.84. The van der Waals surface area contributed by atoms with Crippen LogP contribution in [0.15, 0.2) is 0 Å². The van der Waals surface area contributed by atoms with Gasteiger partial charge < -0.3 is 15.1 Å². The van der Waals surface area contributed by atoms with Gasteiger partial charge >= 0.3 is 0 Å². The summed E-state index contributed by atoms with van der Waals surface area (Å²) in [4.78, 5) is 17.6. The number of likely N-dealkylation sites (tertiary alicyclic amines) is 1. The Kier molecular flexibility index (Phi) is 6.72. The van der Waals surface area contributed by atoms with E-state index in [-0.39, 0.29) is 5.91 Å². The lowest BCUT2D eigenvalue weighted by atomic mass is 9.97. The Balaban J connectivity index is 1.69. The van der Waals surface area contributed by atoms with Crippen LogP contribution in [0.25, 0.3) is 0 Å². The zero-order chi connectivity index (χ0) is 15.9. The van der Waals surface area contributed by atoms with Gasteiger partial charge in [-0.15, -0.1) is 5.10 Å². The Morgan fingerprint density at radius 1 is 1.41 bits per heavy atom. The van der Waals surface area contributed by atoms with Crippen LogP contribution in [0.5, 0.6) is 0 Å². The monoisotopic (exact) mass is 325 g/mol. The van der Waals surface area contributed by atoms with Gasteiger partial charge in [-0.05, 0) is 63.9 Å². The van der Waals surface area contributed by atoms with Gasteiger partial charge in [0.05, 0.1) is 5.69 Å². The molecule has 22 heavy (non-hydrogen) atoms. The van der Waals surface area contributed by atoms with Crippen molar-refractivity contribution >= 4 is 17.4 Å². The van der Waals surface area contributed by atoms with E-state index in [0.717, 1.165) is 57.7 Å². The summed E-state index contributed by atoms with van der Waals surface area (Å²) in [6.07, 6.45) is 3.08. The summed E-state index contributed by atoms with van der Waals surface area (Å²) in [6, 6.07) is 0. The Morgan fingerprint density at radius 3 is 2.77 bits per heavy atom. The highest BCUT2D eigenvalue weighted by atomic mass is 32.1. The summed E-state index contributed by atoms with van der Waals surface area (Å²) >= 11 is 1.19. The molecule has 0 unspecified atom stereocenters. The Labute approximate surface area is 137 Å². The molecule has 7 heteroatoms. The normalized spacial score (nSPS) is 17.1. The second kappa shape index (κ2) is 8.55. The highest BCUT2D eigenvalue weighted by Crippen LogP contribution is 2.17. The van der Waals surface area contributed by atoms with E-state index in [2.05, 4.69) is 38.8 Å². The third kappa shape index (κ3) is 5.00. The van der Waals surface area contributed by atoms with Crippen molar-refractivity contribution in [2.24, 2.45) is 5.92 Å². The summed E-state index contributed by atoms with van der Waals surface area (Å²) in [5.41, 5.74) is 0.806. The smallest absolute Gasteiger partial charge is 0.264 e. The molecule has 0 bridgehead atoms. The van der Waals surface area contributed by atoms with Gasteiger partial charge in [0.2, 0.25) is 0 Å². The molecule has 1 saturated heterocycles. The molecule has 1 aliphatic rings. The number of aromatic nitrogens is 2. The number of piperidine rings is 1. The standard InChI is InChI=1S/C15H27N5OS/c1-4-13-14(22-18-17-13)15(21)16-11-12-5-7-20(8-6-12)10-9-19(2)3/h12H,4-11H2,1-3H3,(H,16,21).